The van der Waals surface area contributed by atoms with E-state index < -0.39 is 12.1 Å². The van der Waals surface area contributed by atoms with E-state index in [0.29, 0.717) is 13.0 Å². The molecule has 1 N–H and O–H groups in total. The van der Waals surface area contributed by atoms with Crippen molar-refractivity contribution in [3.63, 3.8) is 0 Å². The van der Waals surface area contributed by atoms with Gasteiger partial charge in [-0.25, -0.2) is 4.98 Å². The van der Waals surface area contributed by atoms with Gasteiger partial charge in [0.1, 0.15) is 17.9 Å². The average molecular weight is 250 g/mol. The van der Waals surface area contributed by atoms with Gasteiger partial charge in [-0.3, -0.25) is 9.59 Å². The summed E-state index contributed by atoms with van der Waals surface area (Å²) in [5.74, 6) is 0.642. The van der Waals surface area contributed by atoms with Gasteiger partial charge in [-0.2, -0.15) is 0 Å². The van der Waals surface area contributed by atoms with Gasteiger partial charge in [0.05, 0.1) is 6.54 Å². The van der Waals surface area contributed by atoms with Crippen molar-refractivity contribution in [2.75, 3.05) is 0 Å². The van der Waals surface area contributed by atoms with E-state index in [4.69, 9.17) is 0 Å². The largest absolute Gasteiger partial charge is 0.343 e. The smallest absolute Gasteiger partial charge is 0.246 e. The molecule has 6 heteroatoms. The highest BCUT2D eigenvalue weighted by Gasteiger charge is 2.37. The van der Waals surface area contributed by atoms with Crippen LogP contribution in [0, 0.1) is 0 Å². The second-order valence-corrected chi connectivity index (χ2v) is 4.57. The molecule has 2 unspecified atom stereocenters. The van der Waals surface area contributed by atoms with Gasteiger partial charge in [0.25, 0.3) is 0 Å². The van der Waals surface area contributed by atoms with Crippen molar-refractivity contribution in [1.29, 1.82) is 0 Å². The standard InChI is InChI=1S/C12H18N4O2/c1-4-9-12(18)16(8(2)11(17)14-9)7-10-13-5-6-15(10)3/h5-6,8-9H,4,7H2,1-3H3,(H,14,17). The van der Waals surface area contributed by atoms with E-state index in [1.807, 2.05) is 24.7 Å². The van der Waals surface area contributed by atoms with Crippen molar-refractivity contribution in [2.24, 2.45) is 7.05 Å². The summed E-state index contributed by atoms with van der Waals surface area (Å²) in [5.41, 5.74) is 0. The third-order valence-electron chi connectivity index (χ3n) is 3.39. The van der Waals surface area contributed by atoms with Gasteiger partial charge in [0.2, 0.25) is 11.8 Å². The van der Waals surface area contributed by atoms with E-state index in [1.165, 1.54) is 0 Å². The Kier molecular flexibility index (Phi) is 3.36. The number of carbonyl (C=O) groups is 2. The molecule has 1 aromatic rings. The Morgan fingerprint density at radius 1 is 1.44 bits per heavy atom. The third kappa shape index (κ3) is 2.10. The number of nitrogens with zero attached hydrogens (tertiary/aromatic N) is 3. The molecule has 6 nitrogen and oxygen atoms in total. The number of hydrogen-bond donors (Lipinski definition) is 1. The topological polar surface area (TPSA) is 67.2 Å². The van der Waals surface area contributed by atoms with Crippen LogP contribution in [0.25, 0.3) is 0 Å². The van der Waals surface area contributed by atoms with E-state index in [9.17, 15) is 9.59 Å². The third-order valence-corrected chi connectivity index (χ3v) is 3.39. The van der Waals surface area contributed by atoms with Gasteiger partial charge in [0.15, 0.2) is 0 Å². The Morgan fingerprint density at radius 3 is 2.72 bits per heavy atom. The first-order valence-corrected chi connectivity index (χ1v) is 6.11. The summed E-state index contributed by atoms with van der Waals surface area (Å²) in [7, 11) is 1.87. The number of rotatable bonds is 3. The molecular formula is C12H18N4O2. The van der Waals surface area contributed by atoms with E-state index in [0.717, 1.165) is 5.82 Å². The van der Waals surface area contributed by atoms with Crippen LogP contribution in [0.5, 0.6) is 0 Å². The molecule has 0 bridgehead atoms. The first kappa shape index (κ1) is 12.6. The molecule has 0 aromatic carbocycles. The lowest BCUT2D eigenvalue weighted by Gasteiger charge is -2.36. The van der Waals surface area contributed by atoms with Crippen LogP contribution in [0.15, 0.2) is 12.4 Å². The van der Waals surface area contributed by atoms with Gasteiger partial charge in [-0.15, -0.1) is 0 Å². The Morgan fingerprint density at radius 2 is 2.17 bits per heavy atom. The first-order valence-electron chi connectivity index (χ1n) is 6.11. The lowest BCUT2D eigenvalue weighted by atomic mass is 10.1. The van der Waals surface area contributed by atoms with Gasteiger partial charge < -0.3 is 14.8 Å². The Balaban J connectivity index is 2.21. The van der Waals surface area contributed by atoms with Crippen LogP contribution < -0.4 is 5.32 Å². The highest BCUT2D eigenvalue weighted by atomic mass is 16.2. The van der Waals surface area contributed by atoms with Gasteiger partial charge in [0, 0.05) is 19.4 Å². The molecule has 1 aromatic heterocycles. The Labute approximate surface area is 106 Å². The van der Waals surface area contributed by atoms with Crippen LogP contribution in [0.3, 0.4) is 0 Å². The summed E-state index contributed by atoms with van der Waals surface area (Å²) < 4.78 is 1.85. The maximum atomic E-state index is 12.2. The van der Waals surface area contributed by atoms with Gasteiger partial charge >= 0.3 is 0 Å². The molecule has 0 radical (unpaired) electrons. The van der Waals surface area contributed by atoms with E-state index >= 15 is 0 Å². The number of aryl methyl sites for hydroxylation is 1. The fourth-order valence-corrected chi connectivity index (χ4v) is 2.08. The van der Waals surface area contributed by atoms with E-state index in [2.05, 4.69) is 10.3 Å². The van der Waals surface area contributed by atoms with E-state index in [1.54, 1.807) is 18.0 Å². The SMILES string of the molecule is CCC1NC(=O)C(C)N(Cc2nccn2C)C1=O. The van der Waals surface area contributed by atoms with Crippen LogP contribution >= 0.6 is 0 Å². The minimum atomic E-state index is -0.447. The minimum absolute atomic E-state index is 0.0346. The summed E-state index contributed by atoms with van der Waals surface area (Å²) in [6.45, 7) is 3.99. The predicted octanol–water partition coefficient (Wildman–Crippen LogP) is 0.0456. The van der Waals surface area contributed by atoms with Gasteiger partial charge in [-0.1, -0.05) is 6.92 Å². The van der Waals surface area contributed by atoms with Crippen molar-refractivity contribution in [3.05, 3.63) is 18.2 Å². The summed E-state index contributed by atoms with van der Waals surface area (Å²) >= 11 is 0. The number of amides is 2. The summed E-state index contributed by atoms with van der Waals surface area (Å²) in [6.07, 6.45) is 4.12. The highest BCUT2D eigenvalue weighted by molar-refractivity contribution is 5.96. The fraction of sp³-hybridized carbons (Fsp3) is 0.583. The zero-order valence-corrected chi connectivity index (χ0v) is 10.9. The van der Waals surface area contributed by atoms with Gasteiger partial charge in [-0.05, 0) is 13.3 Å². The molecule has 2 rings (SSSR count). The molecule has 2 amide bonds. The second kappa shape index (κ2) is 4.80. The van der Waals surface area contributed by atoms with Crippen LogP contribution in [-0.2, 0) is 23.2 Å². The van der Waals surface area contributed by atoms with Crippen molar-refractivity contribution in [1.82, 2.24) is 19.8 Å². The molecule has 0 spiro atoms. The number of imidazole rings is 1. The Hall–Kier alpha value is -1.85. The lowest BCUT2D eigenvalue weighted by molar-refractivity contribution is -0.149. The molecule has 1 saturated heterocycles. The number of nitrogens with one attached hydrogen (secondary N) is 1. The molecule has 1 aliphatic heterocycles. The minimum Gasteiger partial charge on any atom is -0.343 e. The lowest BCUT2D eigenvalue weighted by Crippen LogP contribution is -2.61. The maximum absolute atomic E-state index is 12.2. The predicted molar refractivity (Wildman–Crippen MR) is 65.4 cm³/mol. The van der Waals surface area contributed by atoms with Crippen molar-refractivity contribution < 1.29 is 9.59 Å². The van der Waals surface area contributed by atoms with E-state index in [-0.39, 0.29) is 11.8 Å². The molecule has 0 saturated carbocycles. The van der Waals surface area contributed by atoms with Crippen LogP contribution in [0.4, 0.5) is 0 Å². The summed E-state index contributed by atoms with van der Waals surface area (Å²) in [4.78, 5) is 29.8. The van der Waals surface area contributed by atoms with Crippen LogP contribution in [0.1, 0.15) is 26.1 Å². The zero-order chi connectivity index (χ0) is 13.3. The normalized spacial score (nSPS) is 24.3. The maximum Gasteiger partial charge on any atom is 0.246 e. The monoisotopic (exact) mass is 250 g/mol. The van der Waals surface area contributed by atoms with Crippen LogP contribution in [0.2, 0.25) is 0 Å². The zero-order valence-electron chi connectivity index (χ0n) is 10.9. The number of piperazine rings is 1. The number of hydrogen-bond acceptors (Lipinski definition) is 3. The second-order valence-electron chi connectivity index (χ2n) is 4.57. The molecule has 1 aliphatic rings. The first-order chi connectivity index (χ1) is 8.54. The highest BCUT2D eigenvalue weighted by Crippen LogP contribution is 2.14. The molecule has 2 atom stereocenters. The van der Waals surface area contributed by atoms with Crippen molar-refractivity contribution >= 4 is 11.8 Å². The summed E-state index contributed by atoms with van der Waals surface area (Å²) in [5, 5.41) is 2.73. The summed E-state index contributed by atoms with van der Waals surface area (Å²) in [6, 6.07) is -0.856. The number of carbonyl (C=O) groups excluding carboxylic acids is 2. The average Bonchev–Trinajstić information content (AvgIpc) is 2.75. The molecule has 0 aliphatic carbocycles. The quantitative estimate of drug-likeness (QED) is 0.824. The molecular weight excluding hydrogens is 232 g/mol. The molecule has 1 fully saturated rings. The number of aromatic nitrogens is 2. The van der Waals surface area contributed by atoms with Crippen molar-refractivity contribution in [2.45, 2.75) is 38.9 Å². The molecule has 98 valence electrons. The fourth-order valence-electron chi connectivity index (χ4n) is 2.08. The molecule has 18 heavy (non-hydrogen) atoms. The van der Waals surface area contributed by atoms with Crippen molar-refractivity contribution in [3.8, 4) is 0 Å². The van der Waals surface area contributed by atoms with Crippen LogP contribution in [-0.4, -0.2) is 38.3 Å². The Bertz CT molecular complexity index is 468. The molecule has 2 heterocycles.